The fraction of sp³-hybridized carbons (Fsp3) is 0.438. The minimum Gasteiger partial charge on any atom is -0.393 e. The van der Waals surface area contributed by atoms with Crippen molar-refractivity contribution in [3.63, 3.8) is 0 Å². The fourth-order valence-electron chi connectivity index (χ4n) is 2.08. The van der Waals surface area contributed by atoms with E-state index in [1.807, 2.05) is 6.92 Å². The van der Waals surface area contributed by atoms with Crippen LogP contribution in [0.3, 0.4) is 0 Å². The first-order valence-corrected chi connectivity index (χ1v) is 6.89. The highest BCUT2D eigenvalue weighted by Crippen LogP contribution is 2.18. The van der Waals surface area contributed by atoms with Crippen molar-refractivity contribution in [2.24, 2.45) is 5.92 Å². The van der Waals surface area contributed by atoms with Crippen molar-refractivity contribution in [2.45, 2.75) is 33.3 Å². The molecule has 0 saturated carbocycles. The lowest BCUT2D eigenvalue weighted by Crippen LogP contribution is -2.28. The van der Waals surface area contributed by atoms with Gasteiger partial charge in [-0.2, -0.15) is 0 Å². The van der Waals surface area contributed by atoms with E-state index < -0.39 is 17.7 Å². The molecule has 0 aromatic heterocycles. The third kappa shape index (κ3) is 6.04. The van der Waals surface area contributed by atoms with Gasteiger partial charge in [0, 0.05) is 24.3 Å². The first-order valence-electron chi connectivity index (χ1n) is 6.89. The van der Waals surface area contributed by atoms with Gasteiger partial charge in [0.25, 0.3) is 0 Å². The van der Waals surface area contributed by atoms with Crippen molar-refractivity contribution in [1.82, 2.24) is 5.32 Å². The van der Waals surface area contributed by atoms with Crippen LogP contribution in [0.4, 0.5) is 8.78 Å². The predicted octanol–water partition coefficient (Wildman–Crippen LogP) is 2.89. The second-order valence-electron chi connectivity index (χ2n) is 5.39. The van der Waals surface area contributed by atoms with Crippen molar-refractivity contribution in [3.8, 4) is 0 Å². The third-order valence-corrected chi connectivity index (χ3v) is 3.07. The van der Waals surface area contributed by atoms with Gasteiger partial charge in [-0.05, 0) is 43.9 Å². The number of rotatable bonds is 6. The summed E-state index contributed by atoms with van der Waals surface area (Å²) in [7, 11) is 0. The van der Waals surface area contributed by atoms with Crippen LogP contribution in [0.15, 0.2) is 24.3 Å². The second kappa shape index (κ2) is 7.88. The first-order chi connectivity index (χ1) is 9.79. The van der Waals surface area contributed by atoms with E-state index in [9.17, 15) is 18.7 Å². The Bertz CT molecular complexity index is 527. The summed E-state index contributed by atoms with van der Waals surface area (Å²) < 4.78 is 26.4. The molecule has 1 aromatic rings. The average Bonchev–Trinajstić information content (AvgIpc) is 2.35. The predicted molar refractivity (Wildman–Crippen MR) is 78.5 cm³/mol. The van der Waals surface area contributed by atoms with Crippen molar-refractivity contribution in [2.75, 3.05) is 6.54 Å². The van der Waals surface area contributed by atoms with Crippen LogP contribution in [0.1, 0.15) is 32.8 Å². The van der Waals surface area contributed by atoms with Gasteiger partial charge in [-0.3, -0.25) is 4.79 Å². The van der Waals surface area contributed by atoms with E-state index in [2.05, 4.69) is 5.32 Å². The van der Waals surface area contributed by atoms with Crippen LogP contribution in [-0.2, 0) is 4.79 Å². The van der Waals surface area contributed by atoms with E-state index in [0.717, 1.165) is 12.1 Å². The number of hydrogen-bond donors (Lipinski definition) is 2. The summed E-state index contributed by atoms with van der Waals surface area (Å²) >= 11 is 0. The molecule has 5 heteroatoms. The van der Waals surface area contributed by atoms with Gasteiger partial charge in [-0.15, -0.1) is 0 Å². The number of hydrogen-bond acceptors (Lipinski definition) is 2. The molecule has 0 radical (unpaired) electrons. The van der Waals surface area contributed by atoms with E-state index in [-0.39, 0.29) is 17.4 Å². The van der Waals surface area contributed by atoms with Crippen molar-refractivity contribution in [1.29, 1.82) is 0 Å². The quantitative estimate of drug-likeness (QED) is 0.793. The normalized spacial score (nSPS) is 14.7. The second-order valence-corrected chi connectivity index (χ2v) is 5.39. The Morgan fingerprint density at radius 1 is 1.38 bits per heavy atom. The van der Waals surface area contributed by atoms with Gasteiger partial charge in [0.2, 0.25) is 5.91 Å². The Balaban J connectivity index is 2.63. The maximum absolute atomic E-state index is 13.6. The molecular weight excluding hydrogens is 276 g/mol. The molecule has 3 nitrogen and oxygen atoms in total. The molecule has 21 heavy (non-hydrogen) atoms. The maximum atomic E-state index is 13.6. The molecule has 0 fully saturated rings. The molecule has 0 heterocycles. The first kappa shape index (κ1) is 17.3. The Kier molecular flexibility index (Phi) is 6.49. The highest BCUT2D eigenvalue weighted by Gasteiger charge is 2.09. The Hall–Kier alpha value is -1.75. The number of halogens is 2. The Morgan fingerprint density at radius 2 is 2.05 bits per heavy atom. The lowest BCUT2D eigenvalue weighted by atomic mass is 10.0. The van der Waals surface area contributed by atoms with Crippen molar-refractivity contribution < 1.29 is 18.7 Å². The van der Waals surface area contributed by atoms with Crippen LogP contribution < -0.4 is 5.32 Å². The highest BCUT2D eigenvalue weighted by atomic mass is 19.1. The minimum absolute atomic E-state index is 0.144. The standard InChI is InChI=1S/C16H21F2NO2/c1-10(6-12(3)20)9-19-16(21)7-11(2)14-5-4-13(17)8-15(14)18/h4-5,7-8,10,12,20H,6,9H2,1-3H3,(H,19,21). The van der Waals surface area contributed by atoms with E-state index in [0.29, 0.717) is 18.5 Å². The molecule has 1 rings (SSSR count). The molecule has 116 valence electrons. The van der Waals surface area contributed by atoms with E-state index in [1.165, 1.54) is 12.1 Å². The third-order valence-electron chi connectivity index (χ3n) is 3.07. The van der Waals surface area contributed by atoms with Crippen molar-refractivity contribution >= 4 is 11.5 Å². The molecule has 0 aliphatic rings. The number of aliphatic hydroxyl groups excluding tert-OH is 1. The van der Waals surface area contributed by atoms with Crippen LogP contribution in [0.25, 0.3) is 5.57 Å². The summed E-state index contributed by atoms with van der Waals surface area (Å²) in [4.78, 5) is 11.7. The number of aliphatic hydroxyl groups is 1. The molecule has 0 aliphatic carbocycles. The minimum atomic E-state index is -0.695. The van der Waals surface area contributed by atoms with Gasteiger partial charge in [0.15, 0.2) is 0 Å². The number of carbonyl (C=O) groups excluding carboxylic acids is 1. The summed E-state index contributed by atoms with van der Waals surface area (Å²) in [5, 5.41) is 11.9. The lowest BCUT2D eigenvalue weighted by molar-refractivity contribution is -0.116. The summed E-state index contributed by atoms with van der Waals surface area (Å²) in [5.41, 5.74) is 0.622. The van der Waals surface area contributed by atoms with E-state index in [4.69, 9.17) is 0 Å². The molecule has 2 unspecified atom stereocenters. The molecule has 1 amide bonds. The van der Waals surface area contributed by atoms with Crippen LogP contribution in [0.5, 0.6) is 0 Å². The SMILES string of the molecule is CC(=CC(=O)NCC(C)CC(C)O)c1ccc(F)cc1F. The number of carbonyl (C=O) groups is 1. The van der Waals surface area contributed by atoms with Crippen LogP contribution in [0.2, 0.25) is 0 Å². The topological polar surface area (TPSA) is 49.3 Å². The average molecular weight is 297 g/mol. The van der Waals surface area contributed by atoms with E-state index >= 15 is 0 Å². The lowest BCUT2D eigenvalue weighted by Gasteiger charge is -2.13. The highest BCUT2D eigenvalue weighted by molar-refractivity contribution is 5.94. The van der Waals surface area contributed by atoms with Gasteiger partial charge >= 0.3 is 0 Å². The van der Waals surface area contributed by atoms with Crippen LogP contribution >= 0.6 is 0 Å². The van der Waals surface area contributed by atoms with Gasteiger partial charge in [-0.25, -0.2) is 8.78 Å². The zero-order valence-corrected chi connectivity index (χ0v) is 12.5. The van der Waals surface area contributed by atoms with Gasteiger partial charge in [-0.1, -0.05) is 6.92 Å². The molecule has 0 bridgehead atoms. The maximum Gasteiger partial charge on any atom is 0.244 e. The fourth-order valence-corrected chi connectivity index (χ4v) is 2.08. The summed E-state index contributed by atoms with van der Waals surface area (Å²) in [6, 6.07) is 3.24. The molecule has 0 aliphatic heterocycles. The molecule has 1 aromatic carbocycles. The molecule has 0 spiro atoms. The number of benzene rings is 1. The van der Waals surface area contributed by atoms with Crippen LogP contribution in [-0.4, -0.2) is 23.7 Å². The Labute approximate surface area is 123 Å². The Morgan fingerprint density at radius 3 is 2.62 bits per heavy atom. The summed E-state index contributed by atoms with van der Waals surface area (Å²) in [6.45, 7) is 5.64. The molecule has 2 N–H and O–H groups in total. The number of amides is 1. The molecular formula is C16H21F2NO2. The smallest absolute Gasteiger partial charge is 0.244 e. The number of allylic oxidation sites excluding steroid dienone is 1. The zero-order chi connectivity index (χ0) is 16.0. The van der Waals surface area contributed by atoms with E-state index in [1.54, 1.807) is 13.8 Å². The van der Waals surface area contributed by atoms with Gasteiger partial charge in [0.05, 0.1) is 6.10 Å². The van der Waals surface area contributed by atoms with Gasteiger partial charge in [0.1, 0.15) is 11.6 Å². The largest absolute Gasteiger partial charge is 0.393 e. The summed E-state index contributed by atoms with van der Waals surface area (Å²) in [6.07, 6.45) is 1.46. The molecule has 0 saturated heterocycles. The molecule has 2 atom stereocenters. The monoisotopic (exact) mass is 297 g/mol. The zero-order valence-electron chi connectivity index (χ0n) is 12.5. The van der Waals surface area contributed by atoms with Crippen molar-refractivity contribution in [3.05, 3.63) is 41.5 Å². The number of nitrogens with one attached hydrogen (secondary N) is 1. The van der Waals surface area contributed by atoms with Crippen LogP contribution in [0, 0.1) is 17.6 Å². The summed E-state index contributed by atoms with van der Waals surface area (Å²) in [5.74, 6) is -1.54. The van der Waals surface area contributed by atoms with Gasteiger partial charge < -0.3 is 10.4 Å².